The number of rotatable bonds is 4. The van der Waals surface area contributed by atoms with Crippen molar-refractivity contribution in [3.8, 4) is 17.2 Å². The van der Waals surface area contributed by atoms with Gasteiger partial charge in [-0.15, -0.1) is 0 Å². The topological polar surface area (TPSA) is 96.6 Å². The van der Waals surface area contributed by atoms with Gasteiger partial charge in [-0.2, -0.15) is 0 Å². The molecule has 132 valence electrons. The minimum absolute atomic E-state index is 0.0394. The summed E-state index contributed by atoms with van der Waals surface area (Å²) in [6.07, 6.45) is 0.940. The van der Waals surface area contributed by atoms with Crippen LogP contribution in [0, 0.1) is 6.92 Å². The number of ketones is 1. The van der Waals surface area contributed by atoms with Gasteiger partial charge < -0.3 is 19.9 Å². The first kappa shape index (κ1) is 17.0. The Balaban J connectivity index is 2.05. The Hall–Kier alpha value is -2.83. The lowest BCUT2D eigenvalue weighted by atomic mass is 9.81. The van der Waals surface area contributed by atoms with Crippen molar-refractivity contribution in [3.05, 3.63) is 34.8 Å². The number of hydrogen-bond acceptors (Lipinski definition) is 7. The van der Waals surface area contributed by atoms with Crippen LogP contribution in [0.3, 0.4) is 0 Å². The van der Waals surface area contributed by atoms with E-state index in [-0.39, 0.29) is 17.5 Å². The molecule has 2 aromatic rings. The predicted octanol–water partition coefficient (Wildman–Crippen LogP) is 2.31. The molecule has 2 N–H and O–H groups in total. The van der Waals surface area contributed by atoms with Gasteiger partial charge in [0, 0.05) is 6.42 Å². The zero-order valence-electron chi connectivity index (χ0n) is 14.8. The Morgan fingerprint density at radius 3 is 2.24 bits per heavy atom. The Labute approximate surface area is 146 Å². The van der Waals surface area contributed by atoms with Crippen LogP contribution in [0.4, 0.5) is 5.82 Å². The Kier molecular flexibility index (Phi) is 4.48. The largest absolute Gasteiger partial charge is 0.493 e. The van der Waals surface area contributed by atoms with Gasteiger partial charge in [0.1, 0.15) is 11.6 Å². The molecule has 7 nitrogen and oxygen atoms in total. The average Bonchev–Trinajstić information content (AvgIpc) is 2.59. The summed E-state index contributed by atoms with van der Waals surface area (Å²) in [7, 11) is 4.70. The number of carbonyl (C=O) groups excluding carboxylic acids is 1. The molecule has 0 aliphatic heterocycles. The second kappa shape index (κ2) is 6.58. The summed E-state index contributed by atoms with van der Waals surface area (Å²) in [4.78, 5) is 21.1. The quantitative estimate of drug-likeness (QED) is 0.910. The van der Waals surface area contributed by atoms with Gasteiger partial charge in [0.15, 0.2) is 17.3 Å². The molecule has 25 heavy (non-hydrogen) atoms. The van der Waals surface area contributed by atoms with Crippen LogP contribution in [-0.2, 0) is 6.42 Å². The first-order valence-electron chi connectivity index (χ1n) is 7.94. The van der Waals surface area contributed by atoms with Gasteiger partial charge in [-0.3, -0.25) is 4.79 Å². The number of benzene rings is 1. The van der Waals surface area contributed by atoms with E-state index < -0.39 is 0 Å². The van der Waals surface area contributed by atoms with E-state index in [1.807, 2.05) is 12.1 Å². The highest BCUT2D eigenvalue weighted by Crippen LogP contribution is 2.42. The molecule has 1 heterocycles. The molecule has 0 unspecified atom stereocenters. The van der Waals surface area contributed by atoms with E-state index in [0.29, 0.717) is 47.2 Å². The SMILES string of the molecule is COc1cc([C@H]2CC(=O)c3c(N)nc(C)nc3C2)cc(OC)c1OC. The normalized spacial score (nSPS) is 16.3. The van der Waals surface area contributed by atoms with E-state index in [1.54, 1.807) is 28.3 Å². The lowest BCUT2D eigenvalue weighted by Gasteiger charge is -2.25. The van der Waals surface area contributed by atoms with Gasteiger partial charge in [0.05, 0.1) is 32.6 Å². The predicted molar refractivity (Wildman–Crippen MR) is 92.7 cm³/mol. The number of nitrogens with zero attached hydrogens (tertiary/aromatic N) is 2. The van der Waals surface area contributed by atoms with Crippen molar-refractivity contribution < 1.29 is 19.0 Å². The number of methoxy groups -OCH3 is 3. The molecule has 1 atom stereocenters. The molecule has 0 saturated heterocycles. The number of nitrogens with two attached hydrogens (primary N) is 1. The molecule has 1 aliphatic carbocycles. The Bertz CT molecular complexity index is 810. The number of carbonyl (C=O) groups is 1. The van der Waals surface area contributed by atoms with Gasteiger partial charge in [-0.25, -0.2) is 9.97 Å². The molecule has 7 heteroatoms. The highest BCUT2D eigenvalue weighted by atomic mass is 16.5. The molecular formula is C18H21N3O4. The van der Waals surface area contributed by atoms with Gasteiger partial charge in [-0.05, 0) is 37.0 Å². The number of hydrogen-bond donors (Lipinski definition) is 1. The standard InChI is InChI=1S/C18H21N3O4/c1-9-20-12-5-10(6-13(22)16(12)18(19)21-9)11-7-14(23-2)17(25-4)15(8-11)24-3/h7-8,10H,5-6H2,1-4H3,(H2,19,20,21)/t10-/m1/s1. The molecule has 0 bridgehead atoms. The summed E-state index contributed by atoms with van der Waals surface area (Å²) >= 11 is 0. The number of ether oxygens (including phenoxy) is 3. The molecule has 1 aromatic heterocycles. The molecule has 0 amide bonds. The van der Waals surface area contributed by atoms with Gasteiger partial charge in [-0.1, -0.05) is 0 Å². The molecule has 0 saturated carbocycles. The Morgan fingerprint density at radius 1 is 1.04 bits per heavy atom. The minimum Gasteiger partial charge on any atom is -0.493 e. The van der Waals surface area contributed by atoms with Crippen molar-refractivity contribution in [1.29, 1.82) is 0 Å². The summed E-state index contributed by atoms with van der Waals surface area (Å²) < 4.78 is 16.2. The van der Waals surface area contributed by atoms with Crippen LogP contribution in [0.25, 0.3) is 0 Å². The smallest absolute Gasteiger partial charge is 0.203 e. The fourth-order valence-electron chi connectivity index (χ4n) is 3.31. The van der Waals surface area contributed by atoms with Crippen molar-refractivity contribution in [1.82, 2.24) is 9.97 Å². The van der Waals surface area contributed by atoms with Crippen LogP contribution in [0.1, 0.15) is 39.8 Å². The van der Waals surface area contributed by atoms with Crippen LogP contribution in [-0.4, -0.2) is 37.1 Å². The first-order chi connectivity index (χ1) is 12.0. The molecule has 1 aromatic carbocycles. The second-order valence-electron chi connectivity index (χ2n) is 5.96. The van der Waals surface area contributed by atoms with Gasteiger partial charge in [0.25, 0.3) is 0 Å². The second-order valence-corrected chi connectivity index (χ2v) is 5.96. The number of aromatic nitrogens is 2. The van der Waals surface area contributed by atoms with E-state index in [4.69, 9.17) is 19.9 Å². The lowest BCUT2D eigenvalue weighted by Crippen LogP contribution is -2.23. The van der Waals surface area contributed by atoms with Gasteiger partial charge >= 0.3 is 0 Å². The molecule has 0 radical (unpaired) electrons. The fourth-order valence-corrected chi connectivity index (χ4v) is 3.31. The maximum atomic E-state index is 12.6. The summed E-state index contributed by atoms with van der Waals surface area (Å²) in [6.45, 7) is 1.77. The summed E-state index contributed by atoms with van der Waals surface area (Å²) in [5.41, 5.74) is 8.00. The Morgan fingerprint density at radius 2 is 1.68 bits per heavy atom. The third-order valence-electron chi connectivity index (χ3n) is 4.43. The van der Waals surface area contributed by atoms with Crippen molar-refractivity contribution in [2.24, 2.45) is 0 Å². The average molecular weight is 343 g/mol. The summed E-state index contributed by atoms with van der Waals surface area (Å²) in [5, 5.41) is 0. The van der Waals surface area contributed by atoms with Crippen LogP contribution in [0.2, 0.25) is 0 Å². The highest BCUT2D eigenvalue weighted by molar-refractivity contribution is 6.02. The third-order valence-corrected chi connectivity index (χ3v) is 4.43. The van der Waals surface area contributed by atoms with Crippen molar-refractivity contribution >= 4 is 11.6 Å². The third kappa shape index (κ3) is 2.97. The molecule has 0 spiro atoms. The van der Waals surface area contributed by atoms with Crippen molar-refractivity contribution in [3.63, 3.8) is 0 Å². The molecule has 3 rings (SSSR count). The summed E-state index contributed by atoms with van der Waals surface area (Å²) in [5.74, 6) is 2.39. The van der Waals surface area contributed by atoms with E-state index in [1.165, 1.54) is 0 Å². The number of aryl methyl sites for hydroxylation is 1. The van der Waals surface area contributed by atoms with Crippen LogP contribution >= 0.6 is 0 Å². The molecule has 1 aliphatic rings. The first-order valence-corrected chi connectivity index (χ1v) is 7.94. The number of nitrogen functional groups attached to an aromatic ring is 1. The van der Waals surface area contributed by atoms with Crippen molar-refractivity contribution in [2.45, 2.75) is 25.7 Å². The van der Waals surface area contributed by atoms with Crippen LogP contribution in [0.5, 0.6) is 17.2 Å². The van der Waals surface area contributed by atoms with Gasteiger partial charge in [0.2, 0.25) is 5.75 Å². The number of Topliss-reactive ketones (excluding diaryl/α,β-unsaturated/α-hetero) is 1. The monoisotopic (exact) mass is 343 g/mol. The minimum atomic E-state index is -0.0440. The highest BCUT2D eigenvalue weighted by Gasteiger charge is 2.31. The molecule has 0 fully saturated rings. The zero-order chi connectivity index (χ0) is 18.1. The number of anilines is 1. The van der Waals surface area contributed by atoms with E-state index in [0.717, 1.165) is 5.56 Å². The molecular weight excluding hydrogens is 322 g/mol. The maximum Gasteiger partial charge on any atom is 0.203 e. The van der Waals surface area contributed by atoms with E-state index >= 15 is 0 Å². The van der Waals surface area contributed by atoms with E-state index in [9.17, 15) is 4.79 Å². The van der Waals surface area contributed by atoms with Crippen molar-refractivity contribution in [2.75, 3.05) is 27.1 Å². The fraction of sp³-hybridized carbons (Fsp3) is 0.389. The van der Waals surface area contributed by atoms with Crippen LogP contribution < -0.4 is 19.9 Å². The number of fused-ring (bicyclic) bond motifs is 1. The van der Waals surface area contributed by atoms with E-state index in [2.05, 4.69) is 9.97 Å². The van der Waals surface area contributed by atoms with Crippen LogP contribution in [0.15, 0.2) is 12.1 Å². The maximum absolute atomic E-state index is 12.6. The zero-order valence-corrected chi connectivity index (χ0v) is 14.8. The summed E-state index contributed by atoms with van der Waals surface area (Å²) in [6, 6.07) is 3.75. The lowest BCUT2D eigenvalue weighted by molar-refractivity contribution is 0.0963.